The summed E-state index contributed by atoms with van der Waals surface area (Å²) >= 11 is 0. The number of nitrogens with zero attached hydrogens (tertiary/aromatic N) is 2. The van der Waals surface area contributed by atoms with E-state index in [2.05, 4.69) is 0 Å². The minimum Gasteiger partial charge on any atom is -0.306 e. The van der Waals surface area contributed by atoms with Crippen LogP contribution in [-0.4, -0.2) is 36.2 Å². The molecular weight excluding hydrogens is 352 g/mol. The lowest BCUT2D eigenvalue weighted by Gasteiger charge is -2.16. The molecule has 1 fully saturated rings. The highest BCUT2D eigenvalue weighted by molar-refractivity contribution is 7.89. The molecule has 1 aliphatic heterocycles. The maximum atomic E-state index is 12.7. The number of ketones is 1. The van der Waals surface area contributed by atoms with Gasteiger partial charge in [-0.15, -0.1) is 0 Å². The predicted molar refractivity (Wildman–Crippen MR) is 98.9 cm³/mol. The molecule has 3 rings (SSSR count). The molecule has 1 aliphatic rings. The first-order chi connectivity index (χ1) is 12.3. The Bertz CT molecular complexity index is 1000. The number of hydrogen-bond donors (Lipinski definition) is 0. The minimum atomic E-state index is -3.63. The number of benzene rings is 1. The molecule has 0 amide bonds. The van der Waals surface area contributed by atoms with E-state index in [1.54, 1.807) is 6.07 Å². The predicted octanol–water partition coefficient (Wildman–Crippen LogP) is 2.13. The van der Waals surface area contributed by atoms with Gasteiger partial charge in [-0.05, 0) is 38.3 Å². The summed E-state index contributed by atoms with van der Waals surface area (Å²) in [5, 5.41) is 0. The fourth-order valence-electron chi connectivity index (χ4n) is 3.23. The van der Waals surface area contributed by atoms with E-state index < -0.39 is 15.6 Å². The van der Waals surface area contributed by atoms with Crippen molar-refractivity contribution in [3.63, 3.8) is 0 Å². The summed E-state index contributed by atoms with van der Waals surface area (Å²) < 4.78 is 27.9. The zero-order valence-corrected chi connectivity index (χ0v) is 15.8. The van der Waals surface area contributed by atoms with E-state index in [0.29, 0.717) is 18.7 Å². The molecule has 1 aromatic heterocycles. The topological polar surface area (TPSA) is 76.5 Å². The second-order valence-electron chi connectivity index (χ2n) is 6.68. The molecule has 6 nitrogen and oxygen atoms in total. The zero-order chi connectivity index (χ0) is 18.9. The first-order valence-corrected chi connectivity index (χ1v) is 10.0. The number of aryl methyl sites for hydroxylation is 2. The van der Waals surface area contributed by atoms with E-state index in [-0.39, 0.29) is 17.2 Å². The van der Waals surface area contributed by atoms with Gasteiger partial charge < -0.3 is 4.57 Å². The molecule has 2 aromatic rings. The van der Waals surface area contributed by atoms with Crippen LogP contribution in [0.5, 0.6) is 0 Å². The first kappa shape index (κ1) is 18.5. The third-order valence-electron chi connectivity index (χ3n) is 4.66. The summed E-state index contributed by atoms with van der Waals surface area (Å²) in [4.78, 5) is 24.8. The molecule has 0 unspecified atom stereocenters. The summed E-state index contributed by atoms with van der Waals surface area (Å²) in [6.45, 7) is 4.58. The highest BCUT2D eigenvalue weighted by Crippen LogP contribution is 2.20. The average Bonchev–Trinajstić information content (AvgIpc) is 3.12. The lowest BCUT2D eigenvalue weighted by Crippen LogP contribution is -2.30. The highest BCUT2D eigenvalue weighted by Gasteiger charge is 2.27. The van der Waals surface area contributed by atoms with Gasteiger partial charge in [-0.25, -0.2) is 8.42 Å². The number of sulfonamides is 1. The van der Waals surface area contributed by atoms with Crippen LogP contribution in [0, 0.1) is 13.8 Å². The van der Waals surface area contributed by atoms with Gasteiger partial charge in [-0.2, -0.15) is 4.31 Å². The first-order valence-electron chi connectivity index (χ1n) is 8.60. The van der Waals surface area contributed by atoms with Crippen LogP contribution < -0.4 is 5.56 Å². The number of aromatic nitrogens is 1. The molecule has 26 heavy (non-hydrogen) atoms. The fourth-order valence-corrected chi connectivity index (χ4v) is 4.77. The molecule has 0 aliphatic carbocycles. The van der Waals surface area contributed by atoms with Crippen molar-refractivity contribution in [1.29, 1.82) is 0 Å². The maximum absolute atomic E-state index is 12.7. The van der Waals surface area contributed by atoms with E-state index in [1.165, 1.54) is 27.2 Å². The SMILES string of the molecule is Cc1ccc(C(=O)Cn2cc(S(=O)(=O)N3CCCC3)ccc2=O)c(C)c1. The van der Waals surface area contributed by atoms with Crippen LogP contribution in [0.3, 0.4) is 0 Å². The van der Waals surface area contributed by atoms with Crippen molar-refractivity contribution in [2.75, 3.05) is 13.1 Å². The molecule has 0 spiro atoms. The largest absolute Gasteiger partial charge is 0.306 e. The van der Waals surface area contributed by atoms with Crippen LogP contribution in [-0.2, 0) is 16.6 Å². The van der Waals surface area contributed by atoms with E-state index in [9.17, 15) is 18.0 Å². The molecule has 0 radical (unpaired) electrons. The summed E-state index contributed by atoms with van der Waals surface area (Å²) in [6, 6.07) is 8.01. The van der Waals surface area contributed by atoms with Crippen molar-refractivity contribution in [2.24, 2.45) is 0 Å². The summed E-state index contributed by atoms with van der Waals surface area (Å²) in [6.07, 6.45) is 2.95. The van der Waals surface area contributed by atoms with E-state index in [1.807, 2.05) is 26.0 Å². The van der Waals surface area contributed by atoms with Crippen molar-refractivity contribution in [2.45, 2.75) is 38.1 Å². The third-order valence-corrected chi connectivity index (χ3v) is 6.54. The second-order valence-corrected chi connectivity index (χ2v) is 8.62. The Kier molecular flexibility index (Phi) is 5.11. The van der Waals surface area contributed by atoms with Gasteiger partial charge in [0, 0.05) is 30.9 Å². The molecular formula is C19H22N2O4S. The molecule has 138 valence electrons. The normalized spacial score (nSPS) is 15.3. The zero-order valence-electron chi connectivity index (χ0n) is 14.9. The van der Waals surface area contributed by atoms with Crippen LogP contribution in [0.1, 0.15) is 34.3 Å². The minimum absolute atomic E-state index is 0.0485. The Labute approximate surface area is 153 Å². The maximum Gasteiger partial charge on any atom is 0.251 e. The Hall–Kier alpha value is -2.25. The molecule has 7 heteroatoms. The molecule has 1 saturated heterocycles. The van der Waals surface area contributed by atoms with Gasteiger partial charge in [0.05, 0.1) is 11.4 Å². The molecule has 0 saturated carbocycles. The number of carbonyl (C=O) groups excluding carboxylic acids is 1. The molecule has 0 atom stereocenters. The standard InChI is InChI=1S/C19H22N2O4S/c1-14-5-7-17(15(2)11-14)18(22)13-20-12-16(6-8-19(20)23)26(24,25)21-9-3-4-10-21/h5-8,11-12H,3-4,9-10,13H2,1-2H3. The Morgan fingerprint density at radius 2 is 1.77 bits per heavy atom. The number of pyridine rings is 1. The molecule has 1 aromatic carbocycles. The van der Waals surface area contributed by atoms with Gasteiger partial charge in [0.15, 0.2) is 5.78 Å². The molecule has 0 bridgehead atoms. The van der Waals surface area contributed by atoms with E-state index in [0.717, 1.165) is 24.0 Å². The van der Waals surface area contributed by atoms with Crippen LogP contribution in [0.4, 0.5) is 0 Å². The fraction of sp³-hybridized carbons (Fsp3) is 0.368. The lowest BCUT2D eigenvalue weighted by molar-refractivity contribution is 0.0970. The average molecular weight is 374 g/mol. The van der Waals surface area contributed by atoms with E-state index >= 15 is 0 Å². The number of Topliss-reactive ketones (excluding diaryl/α,β-unsaturated/α-hetero) is 1. The molecule has 0 N–H and O–H groups in total. The van der Waals surface area contributed by atoms with Crippen molar-refractivity contribution < 1.29 is 13.2 Å². The monoisotopic (exact) mass is 374 g/mol. The summed E-state index contributed by atoms with van der Waals surface area (Å²) in [7, 11) is -3.63. The van der Waals surface area contributed by atoms with Crippen molar-refractivity contribution >= 4 is 15.8 Å². The van der Waals surface area contributed by atoms with Crippen LogP contribution >= 0.6 is 0 Å². The smallest absolute Gasteiger partial charge is 0.251 e. The Morgan fingerprint density at radius 1 is 1.08 bits per heavy atom. The van der Waals surface area contributed by atoms with Crippen LogP contribution in [0.2, 0.25) is 0 Å². The van der Waals surface area contributed by atoms with Crippen molar-refractivity contribution in [3.8, 4) is 0 Å². The van der Waals surface area contributed by atoms with Gasteiger partial charge in [0.25, 0.3) is 5.56 Å². The number of carbonyl (C=O) groups is 1. The lowest BCUT2D eigenvalue weighted by atomic mass is 10.0. The quantitative estimate of drug-likeness (QED) is 0.752. The van der Waals surface area contributed by atoms with Gasteiger partial charge >= 0.3 is 0 Å². The van der Waals surface area contributed by atoms with Crippen molar-refractivity contribution in [1.82, 2.24) is 8.87 Å². The van der Waals surface area contributed by atoms with Gasteiger partial charge in [0.2, 0.25) is 10.0 Å². The number of rotatable bonds is 5. The van der Waals surface area contributed by atoms with Crippen molar-refractivity contribution in [3.05, 3.63) is 63.6 Å². The third kappa shape index (κ3) is 3.64. The van der Waals surface area contributed by atoms with Crippen LogP contribution in [0.15, 0.2) is 46.2 Å². The van der Waals surface area contributed by atoms with E-state index in [4.69, 9.17) is 0 Å². The summed E-state index contributed by atoms with van der Waals surface area (Å²) in [5.41, 5.74) is 2.03. The van der Waals surface area contributed by atoms with Gasteiger partial charge in [-0.1, -0.05) is 23.8 Å². The second kappa shape index (κ2) is 7.17. The highest BCUT2D eigenvalue weighted by atomic mass is 32.2. The summed E-state index contributed by atoms with van der Waals surface area (Å²) in [5.74, 6) is -0.222. The Balaban J connectivity index is 1.91. The Morgan fingerprint density at radius 3 is 2.42 bits per heavy atom. The van der Waals surface area contributed by atoms with Crippen LogP contribution in [0.25, 0.3) is 0 Å². The number of hydrogen-bond acceptors (Lipinski definition) is 4. The van der Waals surface area contributed by atoms with Gasteiger partial charge in [-0.3, -0.25) is 9.59 Å². The van der Waals surface area contributed by atoms with Gasteiger partial charge in [0.1, 0.15) is 0 Å². The molecule has 2 heterocycles.